The van der Waals surface area contributed by atoms with Gasteiger partial charge >= 0.3 is 6.03 Å². The van der Waals surface area contributed by atoms with Gasteiger partial charge in [0.1, 0.15) is 11.6 Å². The maximum Gasteiger partial charge on any atom is 0.321 e. The molecule has 0 saturated carbocycles. The molecule has 1 saturated heterocycles. The minimum atomic E-state index is -0.189. The molecule has 0 atom stereocenters. The van der Waals surface area contributed by atoms with E-state index < -0.39 is 0 Å². The highest BCUT2D eigenvalue weighted by Gasteiger charge is 2.16. The van der Waals surface area contributed by atoms with Crippen molar-refractivity contribution >= 4 is 17.5 Å². The topological polar surface area (TPSA) is 74.5 Å². The number of urea groups is 1. The van der Waals surface area contributed by atoms with Crippen LogP contribution in [0.5, 0.6) is 0 Å². The molecule has 7 heteroatoms. The minimum Gasteiger partial charge on any atom is -0.361 e. The molecule has 2 amide bonds. The number of nitrogens with one attached hydrogen (secondary N) is 1. The first-order valence-electron chi connectivity index (χ1n) is 8.19. The van der Waals surface area contributed by atoms with Gasteiger partial charge in [0.25, 0.3) is 0 Å². The molecule has 0 spiro atoms. The van der Waals surface area contributed by atoms with Crippen molar-refractivity contribution in [3.05, 3.63) is 35.3 Å². The fraction of sp³-hybridized carbons (Fsp3) is 0.471. The summed E-state index contributed by atoms with van der Waals surface area (Å²) >= 11 is 0. The molecule has 128 valence electrons. The molecular weight excluding hydrogens is 306 g/mol. The SMILES string of the molecule is Cc1noc(C)c1CN(C)C(=O)Nc1ccc(N2CCCC2)nc1. The van der Waals surface area contributed by atoms with Crippen LogP contribution < -0.4 is 10.2 Å². The number of amides is 2. The third-order valence-electron chi connectivity index (χ3n) is 4.35. The Morgan fingerprint density at radius 1 is 1.33 bits per heavy atom. The summed E-state index contributed by atoms with van der Waals surface area (Å²) in [5.74, 6) is 1.71. The lowest BCUT2D eigenvalue weighted by molar-refractivity contribution is 0.220. The third kappa shape index (κ3) is 3.50. The Labute approximate surface area is 141 Å². The summed E-state index contributed by atoms with van der Waals surface area (Å²) in [5, 5.41) is 6.78. The maximum absolute atomic E-state index is 12.3. The van der Waals surface area contributed by atoms with Crippen LogP contribution in [0.4, 0.5) is 16.3 Å². The molecule has 3 heterocycles. The molecule has 1 fully saturated rings. The summed E-state index contributed by atoms with van der Waals surface area (Å²) in [4.78, 5) is 20.6. The second kappa shape index (κ2) is 6.90. The summed E-state index contributed by atoms with van der Waals surface area (Å²) in [6.07, 6.45) is 4.13. The Morgan fingerprint density at radius 3 is 2.67 bits per heavy atom. The van der Waals surface area contributed by atoms with Gasteiger partial charge in [0, 0.05) is 25.7 Å². The largest absolute Gasteiger partial charge is 0.361 e. The lowest BCUT2D eigenvalue weighted by Gasteiger charge is -2.19. The van der Waals surface area contributed by atoms with Gasteiger partial charge in [-0.05, 0) is 38.8 Å². The van der Waals surface area contributed by atoms with Crippen LogP contribution in [-0.2, 0) is 6.54 Å². The van der Waals surface area contributed by atoms with Crippen LogP contribution >= 0.6 is 0 Å². The number of carbonyl (C=O) groups excluding carboxylic acids is 1. The van der Waals surface area contributed by atoms with E-state index in [1.807, 2.05) is 26.0 Å². The number of aromatic nitrogens is 2. The van der Waals surface area contributed by atoms with Crippen LogP contribution in [0.3, 0.4) is 0 Å². The van der Waals surface area contributed by atoms with Crippen LogP contribution in [-0.4, -0.2) is 41.2 Å². The zero-order valence-corrected chi connectivity index (χ0v) is 14.4. The lowest BCUT2D eigenvalue weighted by Crippen LogP contribution is -2.31. The predicted molar refractivity (Wildman–Crippen MR) is 92.1 cm³/mol. The van der Waals surface area contributed by atoms with E-state index in [1.54, 1.807) is 18.1 Å². The minimum absolute atomic E-state index is 0.189. The molecule has 7 nitrogen and oxygen atoms in total. The highest BCUT2D eigenvalue weighted by molar-refractivity contribution is 5.89. The quantitative estimate of drug-likeness (QED) is 0.933. The number of pyridine rings is 1. The van der Waals surface area contributed by atoms with E-state index in [0.717, 1.165) is 35.9 Å². The Kier molecular flexibility index (Phi) is 4.69. The van der Waals surface area contributed by atoms with Crippen molar-refractivity contribution in [2.45, 2.75) is 33.2 Å². The summed E-state index contributed by atoms with van der Waals surface area (Å²) < 4.78 is 5.13. The first-order valence-corrected chi connectivity index (χ1v) is 8.19. The van der Waals surface area contributed by atoms with Crippen molar-refractivity contribution in [2.75, 3.05) is 30.4 Å². The third-order valence-corrected chi connectivity index (χ3v) is 4.35. The average molecular weight is 329 g/mol. The molecule has 1 aliphatic heterocycles. The van der Waals surface area contributed by atoms with E-state index in [2.05, 4.69) is 20.4 Å². The summed E-state index contributed by atoms with van der Waals surface area (Å²) in [6, 6.07) is 3.66. The zero-order chi connectivity index (χ0) is 17.1. The second-order valence-corrected chi connectivity index (χ2v) is 6.19. The Hall–Kier alpha value is -2.57. The summed E-state index contributed by atoms with van der Waals surface area (Å²) in [6.45, 7) is 6.28. The number of nitrogens with zero attached hydrogens (tertiary/aromatic N) is 4. The van der Waals surface area contributed by atoms with E-state index >= 15 is 0 Å². The normalized spacial score (nSPS) is 14.0. The van der Waals surface area contributed by atoms with Crippen molar-refractivity contribution in [2.24, 2.45) is 0 Å². The fourth-order valence-corrected chi connectivity index (χ4v) is 2.85. The van der Waals surface area contributed by atoms with E-state index in [0.29, 0.717) is 12.2 Å². The van der Waals surface area contributed by atoms with E-state index in [9.17, 15) is 4.79 Å². The van der Waals surface area contributed by atoms with Crippen LogP contribution in [0.25, 0.3) is 0 Å². The highest BCUT2D eigenvalue weighted by Crippen LogP contribution is 2.19. The smallest absolute Gasteiger partial charge is 0.321 e. The molecule has 24 heavy (non-hydrogen) atoms. The van der Waals surface area contributed by atoms with Gasteiger partial charge in [-0.2, -0.15) is 0 Å². The summed E-state index contributed by atoms with van der Waals surface area (Å²) in [7, 11) is 1.74. The van der Waals surface area contributed by atoms with Gasteiger partial charge in [0.2, 0.25) is 0 Å². The van der Waals surface area contributed by atoms with Crippen LogP contribution in [0.2, 0.25) is 0 Å². The zero-order valence-electron chi connectivity index (χ0n) is 14.4. The second-order valence-electron chi connectivity index (χ2n) is 6.19. The Balaban J connectivity index is 1.59. The van der Waals surface area contributed by atoms with Crippen molar-refractivity contribution in [3.63, 3.8) is 0 Å². The van der Waals surface area contributed by atoms with Crippen molar-refractivity contribution < 1.29 is 9.32 Å². The van der Waals surface area contributed by atoms with Crippen molar-refractivity contribution in [3.8, 4) is 0 Å². The van der Waals surface area contributed by atoms with Crippen LogP contribution in [0, 0.1) is 13.8 Å². The molecule has 1 aliphatic rings. The highest BCUT2D eigenvalue weighted by atomic mass is 16.5. The van der Waals surface area contributed by atoms with Gasteiger partial charge in [0.05, 0.1) is 24.1 Å². The van der Waals surface area contributed by atoms with E-state index in [-0.39, 0.29) is 6.03 Å². The molecule has 2 aromatic rings. The number of anilines is 2. The molecule has 0 radical (unpaired) electrons. The molecule has 0 unspecified atom stereocenters. The first kappa shape index (κ1) is 16.3. The van der Waals surface area contributed by atoms with Gasteiger partial charge in [0.15, 0.2) is 0 Å². The summed E-state index contributed by atoms with van der Waals surface area (Å²) in [5.41, 5.74) is 2.44. The van der Waals surface area contributed by atoms with Gasteiger partial charge < -0.3 is 19.6 Å². The van der Waals surface area contributed by atoms with Crippen LogP contribution in [0.15, 0.2) is 22.9 Å². The van der Waals surface area contributed by atoms with Gasteiger partial charge in [-0.25, -0.2) is 9.78 Å². The maximum atomic E-state index is 12.3. The molecule has 3 rings (SSSR count). The molecule has 0 aromatic carbocycles. The standard InChI is InChI=1S/C17H23N5O2/c1-12-15(13(2)24-20-12)11-21(3)17(23)19-14-6-7-16(18-10-14)22-8-4-5-9-22/h6-7,10H,4-5,8-9,11H2,1-3H3,(H,19,23). The Morgan fingerprint density at radius 2 is 2.08 bits per heavy atom. The number of rotatable bonds is 4. The number of carbonyl (C=O) groups is 1. The van der Waals surface area contributed by atoms with Gasteiger partial charge in [-0.15, -0.1) is 0 Å². The van der Waals surface area contributed by atoms with E-state index in [1.165, 1.54) is 12.8 Å². The van der Waals surface area contributed by atoms with Crippen LogP contribution in [0.1, 0.15) is 29.9 Å². The van der Waals surface area contributed by atoms with Crippen molar-refractivity contribution in [1.82, 2.24) is 15.0 Å². The molecule has 2 aromatic heterocycles. The fourth-order valence-electron chi connectivity index (χ4n) is 2.85. The lowest BCUT2D eigenvalue weighted by atomic mass is 10.2. The molecular formula is C17H23N5O2. The molecule has 0 aliphatic carbocycles. The van der Waals surface area contributed by atoms with Gasteiger partial charge in [-0.3, -0.25) is 0 Å². The van der Waals surface area contributed by atoms with E-state index in [4.69, 9.17) is 4.52 Å². The molecule has 1 N–H and O–H groups in total. The molecule has 0 bridgehead atoms. The Bertz CT molecular complexity index is 685. The monoisotopic (exact) mass is 329 g/mol. The predicted octanol–water partition coefficient (Wildman–Crippen LogP) is 2.95. The first-order chi connectivity index (χ1) is 11.5. The number of hydrogen-bond acceptors (Lipinski definition) is 5. The van der Waals surface area contributed by atoms with Crippen molar-refractivity contribution in [1.29, 1.82) is 0 Å². The van der Waals surface area contributed by atoms with Gasteiger partial charge in [-0.1, -0.05) is 5.16 Å². The number of hydrogen-bond donors (Lipinski definition) is 1. The number of aryl methyl sites for hydroxylation is 2. The average Bonchev–Trinajstić information content (AvgIpc) is 3.21.